The van der Waals surface area contributed by atoms with Crippen LogP contribution in [0.15, 0.2) is 146 Å². The Balaban J connectivity index is 1.37. The van der Waals surface area contributed by atoms with Crippen LogP contribution in [0.3, 0.4) is 0 Å². The summed E-state index contributed by atoms with van der Waals surface area (Å²) in [5.41, 5.74) is 33.2. The van der Waals surface area contributed by atoms with Gasteiger partial charge in [-0.2, -0.15) is 0 Å². The standard InChI is InChI=1S/C46H40N2/c1-29-5-7-33(8-6-29)34-9-15-39(16-10-34)44-30(2)45(40-17-11-35(12-18-40)37-21-25-42(47)26-22-37)32(4)46(31(44)3)41-19-13-36(14-20-41)38-23-27-43(48)28-24-38/h5-28H,47-48H2,1-4H3. The van der Waals surface area contributed by atoms with Crippen LogP contribution in [0.1, 0.15) is 22.3 Å². The largest absolute Gasteiger partial charge is 0.399 e. The first kappa shape index (κ1) is 30.8. The van der Waals surface area contributed by atoms with Crippen LogP contribution >= 0.6 is 0 Å². The van der Waals surface area contributed by atoms with Gasteiger partial charge >= 0.3 is 0 Å². The molecule has 0 bridgehead atoms. The van der Waals surface area contributed by atoms with Crippen molar-refractivity contribution in [1.29, 1.82) is 0 Å². The SMILES string of the molecule is Cc1ccc(-c2ccc(-c3c(C)c(-c4ccc(-c5ccc(N)cc5)cc4)c(C)c(-c4ccc(-c5ccc(N)cc5)cc4)c3C)cc2)cc1. The Bertz CT molecular complexity index is 1930. The molecule has 0 saturated carbocycles. The van der Waals surface area contributed by atoms with Gasteiger partial charge in [0.2, 0.25) is 0 Å². The van der Waals surface area contributed by atoms with Crippen LogP contribution in [0.2, 0.25) is 0 Å². The molecule has 0 atom stereocenters. The molecule has 0 aromatic heterocycles. The lowest BCUT2D eigenvalue weighted by molar-refractivity contribution is 1.32. The second-order valence-corrected chi connectivity index (χ2v) is 12.8. The van der Waals surface area contributed by atoms with Crippen LogP contribution in [0.5, 0.6) is 0 Å². The van der Waals surface area contributed by atoms with Gasteiger partial charge in [0.05, 0.1) is 0 Å². The number of nitrogen functional groups attached to an aromatic ring is 2. The van der Waals surface area contributed by atoms with Gasteiger partial charge in [0.25, 0.3) is 0 Å². The van der Waals surface area contributed by atoms with E-state index in [2.05, 4.69) is 149 Å². The van der Waals surface area contributed by atoms with Gasteiger partial charge < -0.3 is 11.5 Å². The molecule has 0 radical (unpaired) electrons. The topological polar surface area (TPSA) is 52.0 Å². The first-order valence-electron chi connectivity index (χ1n) is 16.5. The van der Waals surface area contributed by atoms with Crippen LogP contribution in [-0.2, 0) is 0 Å². The van der Waals surface area contributed by atoms with E-state index in [1.807, 2.05) is 24.3 Å². The summed E-state index contributed by atoms with van der Waals surface area (Å²) in [6, 6.07) is 51.9. The highest BCUT2D eigenvalue weighted by Gasteiger charge is 2.21. The Kier molecular flexibility index (Phi) is 8.17. The minimum absolute atomic E-state index is 0.773. The molecule has 0 heterocycles. The average Bonchev–Trinajstić information content (AvgIpc) is 3.10. The number of benzene rings is 7. The Morgan fingerprint density at radius 2 is 0.438 bits per heavy atom. The van der Waals surface area contributed by atoms with Gasteiger partial charge in [-0.25, -0.2) is 0 Å². The van der Waals surface area contributed by atoms with Gasteiger partial charge in [0.15, 0.2) is 0 Å². The molecule has 0 aliphatic heterocycles. The normalized spacial score (nSPS) is 11.1. The first-order chi connectivity index (χ1) is 23.3. The van der Waals surface area contributed by atoms with Crippen molar-refractivity contribution in [1.82, 2.24) is 0 Å². The molecule has 7 aromatic carbocycles. The fraction of sp³-hybridized carbons (Fsp3) is 0.0870. The van der Waals surface area contributed by atoms with Crippen molar-refractivity contribution >= 4 is 11.4 Å². The van der Waals surface area contributed by atoms with E-state index in [9.17, 15) is 0 Å². The summed E-state index contributed by atoms with van der Waals surface area (Å²) in [6.45, 7) is 8.96. The fourth-order valence-electron chi connectivity index (χ4n) is 7.10. The maximum absolute atomic E-state index is 5.96. The van der Waals surface area contributed by atoms with E-state index in [4.69, 9.17) is 11.5 Å². The molecule has 4 N–H and O–H groups in total. The number of aryl methyl sites for hydroxylation is 1. The smallest absolute Gasteiger partial charge is 0.0314 e. The summed E-state index contributed by atoms with van der Waals surface area (Å²) < 4.78 is 0. The van der Waals surface area contributed by atoms with Gasteiger partial charge in [-0.1, -0.05) is 127 Å². The number of rotatable bonds is 6. The Morgan fingerprint density at radius 3 is 0.688 bits per heavy atom. The van der Waals surface area contributed by atoms with Crippen LogP contribution < -0.4 is 11.5 Å². The molecule has 0 aliphatic carbocycles. The van der Waals surface area contributed by atoms with Gasteiger partial charge in [0.1, 0.15) is 0 Å². The molecule has 7 aromatic rings. The Morgan fingerprint density at radius 1 is 0.250 bits per heavy atom. The second kappa shape index (κ2) is 12.7. The molecule has 0 aliphatic rings. The summed E-state index contributed by atoms with van der Waals surface area (Å²) in [5.74, 6) is 0. The van der Waals surface area contributed by atoms with Crippen molar-refractivity contribution in [2.45, 2.75) is 27.7 Å². The second-order valence-electron chi connectivity index (χ2n) is 12.8. The number of hydrogen-bond acceptors (Lipinski definition) is 2. The molecule has 0 amide bonds. The summed E-state index contributed by atoms with van der Waals surface area (Å²) >= 11 is 0. The van der Waals surface area contributed by atoms with Crippen molar-refractivity contribution < 1.29 is 0 Å². The van der Waals surface area contributed by atoms with Gasteiger partial charge in [-0.15, -0.1) is 0 Å². The predicted molar refractivity (Wildman–Crippen MR) is 207 cm³/mol. The molecule has 234 valence electrons. The Hall–Kier alpha value is -5.86. The lowest BCUT2D eigenvalue weighted by Crippen LogP contribution is -2.01. The van der Waals surface area contributed by atoms with Crippen LogP contribution in [-0.4, -0.2) is 0 Å². The summed E-state index contributed by atoms with van der Waals surface area (Å²) in [6.07, 6.45) is 0. The zero-order valence-electron chi connectivity index (χ0n) is 28.0. The van der Waals surface area contributed by atoms with Crippen LogP contribution in [0.4, 0.5) is 11.4 Å². The highest BCUT2D eigenvalue weighted by Crippen LogP contribution is 2.44. The molecule has 2 nitrogen and oxygen atoms in total. The van der Waals surface area contributed by atoms with E-state index >= 15 is 0 Å². The minimum Gasteiger partial charge on any atom is -0.399 e. The molecular weight excluding hydrogens is 581 g/mol. The molecular formula is C46H40N2. The number of nitrogens with two attached hydrogens (primary N) is 2. The number of hydrogen-bond donors (Lipinski definition) is 2. The van der Waals surface area contributed by atoms with E-state index in [0.717, 1.165) is 22.5 Å². The van der Waals surface area contributed by atoms with Crippen molar-refractivity contribution in [3.63, 3.8) is 0 Å². The predicted octanol–water partition coefficient (Wildman–Crippen LogP) is 12.1. The molecule has 2 heteroatoms. The minimum atomic E-state index is 0.773. The molecule has 0 spiro atoms. The van der Waals surface area contributed by atoms with Crippen molar-refractivity contribution in [3.8, 4) is 66.8 Å². The molecule has 48 heavy (non-hydrogen) atoms. The first-order valence-corrected chi connectivity index (χ1v) is 16.5. The highest BCUT2D eigenvalue weighted by atomic mass is 14.5. The van der Waals surface area contributed by atoms with Crippen molar-refractivity contribution in [2.75, 3.05) is 11.5 Å². The zero-order chi connectivity index (χ0) is 33.4. The lowest BCUT2D eigenvalue weighted by atomic mass is 9.80. The third-order valence-electron chi connectivity index (χ3n) is 9.64. The number of anilines is 2. The molecule has 7 rings (SSSR count). The summed E-state index contributed by atoms with van der Waals surface area (Å²) in [5, 5.41) is 0. The van der Waals surface area contributed by atoms with Gasteiger partial charge in [-0.3, -0.25) is 0 Å². The quantitative estimate of drug-likeness (QED) is 0.182. The Labute approximate surface area is 284 Å². The lowest BCUT2D eigenvalue weighted by Gasteiger charge is -2.24. The van der Waals surface area contributed by atoms with Gasteiger partial charge in [-0.05, 0) is 135 Å². The summed E-state index contributed by atoms with van der Waals surface area (Å²) in [7, 11) is 0. The molecule has 0 saturated heterocycles. The fourth-order valence-corrected chi connectivity index (χ4v) is 7.10. The van der Waals surface area contributed by atoms with E-state index in [-0.39, 0.29) is 0 Å². The van der Waals surface area contributed by atoms with E-state index < -0.39 is 0 Å². The van der Waals surface area contributed by atoms with E-state index in [0.29, 0.717) is 0 Å². The third kappa shape index (κ3) is 5.89. The van der Waals surface area contributed by atoms with Crippen LogP contribution in [0, 0.1) is 27.7 Å². The average molecular weight is 621 g/mol. The maximum atomic E-state index is 5.96. The van der Waals surface area contributed by atoms with Crippen molar-refractivity contribution in [3.05, 3.63) is 168 Å². The van der Waals surface area contributed by atoms with Crippen LogP contribution in [0.25, 0.3) is 66.8 Å². The maximum Gasteiger partial charge on any atom is 0.0314 e. The van der Waals surface area contributed by atoms with Crippen molar-refractivity contribution in [2.24, 2.45) is 0 Å². The third-order valence-corrected chi connectivity index (χ3v) is 9.64. The molecule has 0 fully saturated rings. The monoisotopic (exact) mass is 620 g/mol. The van der Waals surface area contributed by atoms with Gasteiger partial charge in [0, 0.05) is 11.4 Å². The highest BCUT2D eigenvalue weighted by molar-refractivity contribution is 5.92. The summed E-state index contributed by atoms with van der Waals surface area (Å²) in [4.78, 5) is 0. The molecule has 0 unspecified atom stereocenters. The van der Waals surface area contributed by atoms with E-state index in [1.54, 1.807) is 0 Å². The zero-order valence-corrected chi connectivity index (χ0v) is 28.0. The van der Waals surface area contributed by atoms with E-state index in [1.165, 1.54) is 77.9 Å².